The number of carbonyl (C=O) groups excluding carboxylic acids is 3. The first-order valence-corrected chi connectivity index (χ1v) is 6.37. The Morgan fingerprint density at radius 2 is 2.10 bits per heavy atom. The Bertz CT molecular complexity index is 618. The van der Waals surface area contributed by atoms with Crippen LogP contribution in [0.25, 0.3) is 0 Å². The maximum Gasteiger partial charge on any atom is 0.243 e. The van der Waals surface area contributed by atoms with Crippen LogP contribution in [0.4, 0.5) is 5.69 Å². The number of benzene rings is 1. The largest absolute Gasteiger partial charge is 0.325 e. The van der Waals surface area contributed by atoms with Gasteiger partial charge in [-0.15, -0.1) is 0 Å². The van der Waals surface area contributed by atoms with Crippen molar-refractivity contribution in [2.24, 2.45) is 0 Å². The second-order valence-corrected chi connectivity index (χ2v) is 4.73. The molecule has 7 heteroatoms. The molecule has 0 aromatic heterocycles. The molecule has 1 aliphatic rings. The standard InChI is InChI=1S/C14H14N4O3/c1-9-14(21)17-13(20)8-18(9)7-12(19)16-11-4-2-10(6-15)3-5-11/h2-5,9H,7-8H2,1H3,(H,16,19)(H,17,20,21). The summed E-state index contributed by atoms with van der Waals surface area (Å²) in [5.41, 5.74) is 1.05. The molecule has 0 saturated carbocycles. The summed E-state index contributed by atoms with van der Waals surface area (Å²) in [6.45, 7) is 1.59. The van der Waals surface area contributed by atoms with Gasteiger partial charge in [-0.25, -0.2) is 0 Å². The van der Waals surface area contributed by atoms with E-state index in [1.54, 1.807) is 31.2 Å². The molecule has 1 aromatic rings. The number of nitrogens with one attached hydrogen (secondary N) is 2. The maximum atomic E-state index is 11.9. The Balaban J connectivity index is 1.96. The molecule has 1 heterocycles. The smallest absolute Gasteiger partial charge is 0.243 e. The van der Waals surface area contributed by atoms with Crippen LogP contribution in [0.15, 0.2) is 24.3 Å². The van der Waals surface area contributed by atoms with Crippen LogP contribution < -0.4 is 10.6 Å². The van der Waals surface area contributed by atoms with Gasteiger partial charge in [0, 0.05) is 5.69 Å². The van der Waals surface area contributed by atoms with E-state index in [2.05, 4.69) is 10.6 Å². The normalized spacial score (nSPS) is 18.8. The van der Waals surface area contributed by atoms with E-state index in [9.17, 15) is 14.4 Å². The van der Waals surface area contributed by atoms with Gasteiger partial charge in [-0.05, 0) is 31.2 Å². The first-order chi connectivity index (χ1) is 9.99. The average molecular weight is 286 g/mol. The number of amides is 3. The monoisotopic (exact) mass is 286 g/mol. The zero-order chi connectivity index (χ0) is 15.4. The second-order valence-electron chi connectivity index (χ2n) is 4.73. The molecule has 21 heavy (non-hydrogen) atoms. The van der Waals surface area contributed by atoms with Crippen LogP contribution >= 0.6 is 0 Å². The number of nitriles is 1. The van der Waals surface area contributed by atoms with Crippen molar-refractivity contribution >= 4 is 23.4 Å². The lowest BCUT2D eigenvalue weighted by molar-refractivity contribution is -0.140. The van der Waals surface area contributed by atoms with Crippen molar-refractivity contribution < 1.29 is 14.4 Å². The number of imide groups is 1. The second kappa shape index (κ2) is 6.15. The molecule has 2 N–H and O–H groups in total. The highest BCUT2D eigenvalue weighted by atomic mass is 16.2. The molecule has 1 unspecified atom stereocenters. The van der Waals surface area contributed by atoms with Gasteiger partial charge in [0.1, 0.15) is 0 Å². The lowest BCUT2D eigenvalue weighted by Crippen LogP contribution is -2.58. The first-order valence-electron chi connectivity index (χ1n) is 6.37. The molecule has 0 radical (unpaired) electrons. The Labute approximate surface area is 121 Å². The van der Waals surface area contributed by atoms with Crippen LogP contribution in [-0.4, -0.2) is 41.8 Å². The minimum Gasteiger partial charge on any atom is -0.325 e. The minimum absolute atomic E-state index is 0.00764. The highest BCUT2D eigenvalue weighted by Gasteiger charge is 2.31. The summed E-state index contributed by atoms with van der Waals surface area (Å²) < 4.78 is 0. The van der Waals surface area contributed by atoms with Gasteiger partial charge in [-0.3, -0.25) is 24.6 Å². The van der Waals surface area contributed by atoms with Crippen molar-refractivity contribution in [2.45, 2.75) is 13.0 Å². The molecule has 2 rings (SSSR count). The fraction of sp³-hybridized carbons (Fsp3) is 0.286. The molecule has 1 fully saturated rings. The molecular weight excluding hydrogens is 272 g/mol. The van der Waals surface area contributed by atoms with E-state index >= 15 is 0 Å². The van der Waals surface area contributed by atoms with E-state index in [0.717, 1.165) is 0 Å². The van der Waals surface area contributed by atoms with E-state index in [0.29, 0.717) is 11.3 Å². The molecule has 108 valence electrons. The molecule has 0 aliphatic carbocycles. The highest BCUT2D eigenvalue weighted by Crippen LogP contribution is 2.10. The van der Waals surface area contributed by atoms with Gasteiger partial charge in [-0.1, -0.05) is 0 Å². The van der Waals surface area contributed by atoms with Crippen LogP contribution in [0.5, 0.6) is 0 Å². The summed E-state index contributed by atoms with van der Waals surface area (Å²) in [5, 5.41) is 13.6. The number of piperazine rings is 1. The van der Waals surface area contributed by atoms with Crippen molar-refractivity contribution in [3.05, 3.63) is 29.8 Å². The molecule has 1 atom stereocenters. The Morgan fingerprint density at radius 1 is 1.43 bits per heavy atom. The zero-order valence-electron chi connectivity index (χ0n) is 11.4. The summed E-state index contributed by atoms with van der Waals surface area (Å²) in [4.78, 5) is 36.2. The maximum absolute atomic E-state index is 11.9. The van der Waals surface area contributed by atoms with E-state index in [4.69, 9.17) is 5.26 Å². The van der Waals surface area contributed by atoms with Crippen molar-refractivity contribution in [3.63, 3.8) is 0 Å². The van der Waals surface area contributed by atoms with Crippen LogP contribution in [0.3, 0.4) is 0 Å². The third-order valence-corrected chi connectivity index (χ3v) is 3.18. The third kappa shape index (κ3) is 3.64. The van der Waals surface area contributed by atoms with Crippen LogP contribution in [-0.2, 0) is 14.4 Å². The molecule has 0 spiro atoms. The van der Waals surface area contributed by atoms with Crippen molar-refractivity contribution in [1.82, 2.24) is 10.2 Å². The highest BCUT2D eigenvalue weighted by molar-refractivity contribution is 6.02. The summed E-state index contributed by atoms with van der Waals surface area (Å²) >= 11 is 0. The Hall–Kier alpha value is -2.72. The lowest BCUT2D eigenvalue weighted by Gasteiger charge is -2.30. The van der Waals surface area contributed by atoms with E-state index in [1.807, 2.05) is 6.07 Å². The van der Waals surface area contributed by atoms with Crippen molar-refractivity contribution in [2.75, 3.05) is 18.4 Å². The Morgan fingerprint density at radius 3 is 2.71 bits per heavy atom. The van der Waals surface area contributed by atoms with Gasteiger partial charge < -0.3 is 5.32 Å². The summed E-state index contributed by atoms with van der Waals surface area (Å²) in [6, 6.07) is 7.88. The number of hydrogen-bond donors (Lipinski definition) is 2. The predicted molar refractivity (Wildman–Crippen MR) is 74.0 cm³/mol. The number of rotatable bonds is 3. The van der Waals surface area contributed by atoms with Gasteiger partial charge in [0.2, 0.25) is 17.7 Å². The fourth-order valence-corrected chi connectivity index (χ4v) is 1.97. The molecule has 0 bridgehead atoms. The molecular formula is C14H14N4O3. The van der Waals surface area contributed by atoms with Crippen LogP contribution in [0.1, 0.15) is 12.5 Å². The molecule has 1 aromatic carbocycles. The fourth-order valence-electron chi connectivity index (χ4n) is 1.97. The number of anilines is 1. The first kappa shape index (κ1) is 14.7. The van der Waals surface area contributed by atoms with Crippen LogP contribution in [0, 0.1) is 11.3 Å². The van der Waals surface area contributed by atoms with Gasteiger partial charge in [0.25, 0.3) is 0 Å². The zero-order valence-corrected chi connectivity index (χ0v) is 11.4. The number of carbonyl (C=O) groups is 3. The molecule has 1 aliphatic heterocycles. The van der Waals surface area contributed by atoms with Gasteiger partial charge in [-0.2, -0.15) is 5.26 Å². The summed E-state index contributed by atoms with van der Waals surface area (Å²) in [6.07, 6.45) is 0. The van der Waals surface area contributed by atoms with Crippen molar-refractivity contribution in [3.8, 4) is 6.07 Å². The van der Waals surface area contributed by atoms with E-state index in [1.165, 1.54) is 4.90 Å². The van der Waals surface area contributed by atoms with Gasteiger partial charge in [0.15, 0.2) is 0 Å². The summed E-state index contributed by atoms with van der Waals surface area (Å²) in [7, 11) is 0. The third-order valence-electron chi connectivity index (χ3n) is 3.18. The molecule has 7 nitrogen and oxygen atoms in total. The number of nitrogens with zero attached hydrogens (tertiary/aromatic N) is 2. The Kier molecular flexibility index (Phi) is 4.30. The number of hydrogen-bond acceptors (Lipinski definition) is 5. The summed E-state index contributed by atoms with van der Waals surface area (Å²) in [5.74, 6) is -1.14. The molecule has 3 amide bonds. The van der Waals surface area contributed by atoms with Gasteiger partial charge in [0.05, 0.1) is 30.8 Å². The van der Waals surface area contributed by atoms with E-state index < -0.39 is 17.9 Å². The van der Waals surface area contributed by atoms with Gasteiger partial charge >= 0.3 is 0 Å². The predicted octanol–water partition coefficient (Wildman–Crippen LogP) is -0.156. The van der Waals surface area contributed by atoms with Crippen molar-refractivity contribution in [1.29, 1.82) is 5.26 Å². The average Bonchev–Trinajstić information content (AvgIpc) is 2.45. The SMILES string of the molecule is CC1C(=O)NC(=O)CN1CC(=O)Nc1ccc(C#N)cc1. The quantitative estimate of drug-likeness (QED) is 0.752. The minimum atomic E-state index is -0.533. The van der Waals surface area contributed by atoms with Crippen LogP contribution in [0.2, 0.25) is 0 Å². The lowest BCUT2D eigenvalue weighted by atomic mass is 10.2. The van der Waals surface area contributed by atoms with E-state index in [-0.39, 0.29) is 19.0 Å². The topological polar surface area (TPSA) is 102 Å². The molecule has 1 saturated heterocycles.